The Morgan fingerprint density at radius 3 is 2.44 bits per heavy atom. The summed E-state index contributed by atoms with van der Waals surface area (Å²) in [5.74, 6) is 1.85. The molecule has 0 amide bonds. The molecule has 0 bridgehead atoms. The molecule has 4 heteroatoms. The van der Waals surface area contributed by atoms with Gasteiger partial charge in [-0.1, -0.05) is 27.7 Å². The van der Waals surface area contributed by atoms with Gasteiger partial charge in [-0.05, 0) is 31.4 Å². The maximum atomic E-state index is 4.61. The summed E-state index contributed by atoms with van der Waals surface area (Å²) in [5.41, 5.74) is 0. The summed E-state index contributed by atoms with van der Waals surface area (Å²) in [6, 6.07) is 0.466. The van der Waals surface area contributed by atoms with Crippen molar-refractivity contribution in [1.82, 2.24) is 14.7 Å². The third kappa shape index (κ3) is 3.52. The average Bonchev–Trinajstić information content (AvgIpc) is 2.74. The fourth-order valence-electron chi connectivity index (χ4n) is 1.43. The summed E-state index contributed by atoms with van der Waals surface area (Å²) >= 11 is 1.55. The predicted molar refractivity (Wildman–Crippen MR) is 70.2 cm³/mol. The lowest BCUT2D eigenvalue weighted by Gasteiger charge is -2.18. The molecular weight excluding hydrogens is 218 g/mol. The van der Waals surface area contributed by atoms with Crippen LogP contribution >= 0.6 is 11.5 Å². The van der Waals surface area contributed by atoms with Crippen molar-refractivity contribution in [2.24, 2.45) is 0 Å². The zero-order valence-electron chi connectivity index (χ0n) is 10.9. The van der Waals surface area contributed by atoms with E-state index in [4.69, 9.17) is 0 Å². The Morgan fingerprint density at radius 1 is 1.25 bits per heavy atom. The van der Waals surface area contributed by atoms with Gasteiger partial charge in [-0.25, -0.2) is 4.98 Å². The van der Waals surface area contributed by atoms with Crippen molar-refractivity contribution in [2.75, 3.05) is 6.54 Å². The van der Waals surface area contributed by atoms with Crippen LogP contribution < -0.4 is 5.32 Å². The molecule has 0 saturated heterocycles. The molecule has 1 N–H and O–H groups in total. The Hall–Kier alpha value is -0.480. The summed E-state index contributed by atoms with van der Waals surface area (Å²) in [4.78, 5) is 4.61. The van der Waals surface area contributed by atoms with E-state index in [1.807, 2.05) is 0 Å². The number of nitrogens with zero attached hydrogens (tertiary/aromatic N) is 2. The highest BCUT2D eigenvalue weighted by molar-refractivity contribution is 7.05. The molecule has 0 saturated carbocycles. The third-order valence-corrected chi connectivity index (χ3v) is 3.76. The van der Waals surface area contributed by atoms with Crippen LogP contribution in [0.3, 0.4) is 0 Å². The minimum Gasteiger partial charge on any atom is -0.314 e. The molecule has 3 nitrogen and oxygen atoms in total. The van der Waals surface area contributed by atoms with Crippen LogP contribution in [0.1, 0.15) is 63.7 Å². The molecule has 0 aliphatic rings. The Balaban J connectivity index is 2.60. The fraction of sp³-hybridized carbons (Fsp3) is 0.833. The van der Waals surface area contributed by atoms with Crippen LogP contribution in [-0.4, -0.2) is 21.9 Å². The van der Waals surface area contributed by atoms with Gasteiger partial charge in [-0.3, -0.25) is 0 Å². The highest BCUT2D eigenvalue weighted by Crippen LogP contribution is 2.23. The lowest BCUT2D eigenvalue weighted by molar-refractivity contribution is 0.479. The molecule has 16 heavy (non-hydrogen) atoms. The zero-order chi connectivity index (χ0) is 12.1. The van der Waals surface area contributed by atoms with Gasteiger partial charge in [-0.15, -0.1) is 0 Å². The van der Waals surface area contributed by atoms with Gasteiger partial charge in [0.1, 0.15) is 10.8 Å². The number of rotatable bonds is 6. The fourth-order valence-corrected chi connectivity index (χ4v) is 2.37. The number of aromatic nitrogens is 2. The van der Waals surface area contributed by atoms with Gasteiger partial charge < -0.3 is 5.32 Å². The van der Waals surface area contributed by atoms with Gasteiger partial charge in [-0.2, -0.15) is 4.37 Å². The zero-order valence-corrected chi connectivity index (χ0v) is 11.8. The summed E-state index contributed by atoms with van der Waals surface area (Å²) < 4.78 is 4.40. The van der Waals surface area contributed by atoms with Crippen LogP contribution in [0.15, 0.2) is 0 Å². The minimum atomic E-state index is 0.427. The molecule has 0 spiro atoms. The minimum absolute atomic E-state index is 0.427. The Morgan fingerprint density at radius 2 is 1.94 bits per heavy atom. The van der Waals surface area contributed by atoms with E-state index in [9.17, 15) is 0 Å². The Bertz CT molecular complexity index is 309. The molecule has 0 aliphatic heterocycles. The Labute approximate surface area is 103 Å². The molecule has 2 atom stereocenters. The van der Waals surface area contributed by atoms with Crippen molar-refractivity contribution in [3.63, 3.8) is 0 Å². The van der Waals surface area contributed by atoms with E-state index in [1.165, 1.54) is 6.42 Å². The van der Waals surface area contributed by atoms with Crippen molar-refractivity contribution < 1.29 is 0 Å². The number of nitrogens with one attached hydrogen (secondary N) is 1. The number of hydrogen-bond donors (Lipinski definition) is 1. The van der Waals surface area contributed by atoms with Crippen LogP contribution in [-0.2, 0) is 0 Å². The van der Waals surface area contributed by atoms with Gasteiger partial charge >= 0.3 is 0 Å². The van der Waals surface area contributed by atoms with E-state index >= 15 is 0 Å². The smallest absolute Gasteiger partial charge is 0.145 e. The van der Waals surface area contributed by atoms with Crippen LogP contribution in [0, 0.1) is 0 Å². The van der Waals surface area contributed by atoms with E-state index in [0.717, 1.165) is 17.4 Å². The lowest BCUT2D eigenvalue weighted by atomic mass is 10.0. The average molecular weight is 241 g/mol. The van der Waals surface area contributed by atoms with E-state index in [2.05, 4.69) is 49.3 Å². The molecule has 0 aromatic carbocycles. The summed E-state index contributed by atoms with van der Waals surface area (Å²) in [5, 5.41) is 4.66. The first-order chi connectivity index (χ1) is 7.56. The topological polar surface area (TPSA) is 37.8 Å². The molecule has 0 fully saturated rings. The summed E-state index contributed by atoms with van der Waals surface area (Å²) in [6.45, 7) is 12.0. The van der Waals surface area contributed by atoms with Crippen molar-refractivity contribution in [2.45, 2.75) is 58.9 Å². The summed E-state index contributed by atoms with van der Waals surface area (Å²) in [6.07, 6.45) is 1.17. The van der Waals surface area contributed by atoms with Crippen molar-refractivity contribution in [3.05, 3.63) is 10.8 Å². The highest BCUT2D eigenvalue weighted by atomic mass is 32.1. The third-order valence-electron chi connectivity index (χ3n) is 2.83. The quantitative estimate of drug-likeness (QED) is 0.831. The molecule has 1 aromatic rings. The van der Waals surface area contributed by atoms with Gasteiger partial charge in [0.15, 0.2) is 0 Å². The standard InChI is InChI=1S/C12H23N3S/c1-6-7-13-10(5)9(4)12-14-11(8(2)3)15-16-12/h8-10,13H,6-7H2,1-5H3. The van der Waals surface area contributed by atoms with Crippen molar-refractivity contribution >= 4 is 11.5 Å². The first kappa shape index (κ1) is 13.6. The van der Waals surface area contributed by atoms with Crippen LogP contribution in [0.4, 0.5) is 0 Å². The van der Waals surface area contributed by atoms with E-state index in [1.54, 1.807) is 11.5 Å². The first-order valence-electron chi connectivity index (χ1n) is 6.13. The predicted octanol–water partition coefficient (Wildman–Crippen LogP) is 3.15. The lowest BCUT2D eigenvalue weighted by Crippen LogP contribution is -2.31. The number of hydrogen-bond acceptors (Lipinski definition) is 4. The van der Waals surface area contributed by atoms with Crippen molar-refractivity contribution in [3.8, 4) is 0 Å². The van der Waals surface area contributed by atoms with Gasteiger partial charge in [0.2, 0.25) is 0 Å². The largest absolute Gasteiger partial charge is 0.314 e. The van der Waals surface area contributed by atoms with Crippen LogP contribution in [0.2, 0.25) is 0 Å². The Kier molecular flexibility index (Phi) is 5.35. The maximum absolute atomic E-state index is 4.61. The molecule has 92 valence electrons. The SMILES string of the molecule is CCCNC(C)C(C)c1nc(C(C)C)ns1. The molecule has 1 heterocycles. The summed E-state index contributed by atoms with van der Waals surface area (Å²) in [7, 11) is 0. The molecule has 2 unspecified atom stereocenters. The van der Waals surface area contributed by atoms with Gasteiger partial charge in [0, 0.05) is 17.9 Å². The van der Waals surface area contributed by atoms with Crippen LogP contribution in [0.5, 0.6) is 0 Å². The van der Waals surface area contributed by atoms with Crippen LogP contribution in [0.25, 0.3) is 0 Å². The monoisotopic (exact) mass is 241 g/mol. The second-order valence-corrected chi connectivity index (χ2v) is 5.46. The highest BCUT2D eigenvalue weighted by Gasteiger charge is 2.18. The van der Waals surface area contributed by atoms with E-state index in [0.29, 0.717) is 17.9 Å². The van der Waals surface area contributed by atoms with E-state index in [-0.39, 0.29) is 0 Å². The van der Waals surface area contributed by atoms with E-state index < -0.39 is 0 Å². The van der Waals surface area contributed by atoms with Gasteiger partial charge in [0.05, 0.1) is 0 Å². The molecule has 1 rings (SSSR count). The molecule has 1 aromatic heterocycles. The second kappa shape index (κ2) is 6.30. The van der Waals surface area contributed by atoms with Crippen molar-refractivity contribution in [1.29, 1.82) is 0 Å². The molecule has 0 aliphatic carbocycles. The normalized spacial score (nSPS) is 15.4. The maximum Gasteiger partial charge on any atom is 0.145 e. The van der Waals surface area contributed by atoms with Gasteiger partial charge in [0.25, 0.3) is 0 Å². The molecule has 0 radical (unpaired) electrons. The second-order valence-electron chi connectivity index (χ2n) is 4.68. The molecular formula is C12H23N3S. The first-order valence-corrected chi connectivity index (χ1v) is 6.90.